The molecule has 4 rings (SSSR count). The number of ether oxygens (including phenoxy) is 2. The monoisotopic (exact) mass is 358 g/mol. The van der Waals surface area contributed by atoms with Crippen LogP contribution in [-0.2, 0) is 11.3 Å². The zero-order valence-corrected chi connectivity index (χ0v) is 13.1. The van der Waals surface area contributed by atoms with Gasteiger partial charge in [-0.3, -0.25) is 4.79 Å². The molecular weight excluding hydrogens is 348 g/mol. The van der Waals surface area contributed by atoms with Crippen molar-refractivity contribution in [3.8, 4) is 17.1 Å². The zero-order valence-electron chi connectivity index (χ0n) is 11.5. The average molecular weight is 359 g/mol. The molecule has 22 heavy (non-hydrogen) atoms. The van der Waals surface area contributed by atoms with Crippen molar-refractivity contribution in [1.82, 2.24) is 0 Å². The molecule has 0 aliphatic carbocycles. The first kappa shape index (κ1) is 13.5. The van der Waals surface area contributed by atoms with Crippen LogP contribution in [0.5, 0.6) is 5.75 Å². The molecule has 1 aliphatic heterocycles. The first-order valence-electron chi connectivity index (χ1n) is 6.78. The molecule has 0 bridgehead atoms. The van der Waals surface area contributed by atoms with E-state index >= 15 is 0 Å². The van der Waals surface area contributed by atoms with E-state index in [1.807, 2.05) is 24.3 Å². The highest BCUT2D eigenvalue weighted by atomic mass is 79.9. The summed E-state index contributed by atoms with van der Waals surface area (Å²) in [5.41, 5.74) is 2.16. The van der Waals surface area contributed by atoms with Gasteiger partial charge in [0.25, 0.3) is 0 Å². The van der Waals surface area contributed by atoms with Gasteiger partial charge in [0, 0.05) is 16.1 Å². The molecule has 1 aliphatic rings. The Morgan fingerprint density at radius 2 is 1.95 bits per heavy atom. The van der Waals surface area contributed by atoms with E-state index in [-0.39, 0.29) is 12.2 Å². The number of para-hydroxylation sites is 1. The number of benzene rings is 2. The van der Waals surface area contributed by atoms with Crippen LogP contribution in [0.4, 0.5) is 0 Å². The summed E-state index contributed by atoms with van der Waals surface area (Å²) in [5.74, 6) is 1.19. The van der Waals surface area contributed by atoms with E-state index in [4.69, 9.17) is 13.9 Å². The van der Waals surface area contributed by atoms with Gasteiger partial charge < -0.3 is 13.9 Å². The molecule has 0 amide bonds. The van der Waals surface area contributed by atoms with Crippen molar-refractivity contribution in [2.75, 3.05) is 6.79 Å². The molecular formula is C17H11BrO4. The Morgan fingerprint density at radius 1 is 1.09 bits per heavy atom. The number of halogens is 1. The Kier molecular flexibility index (Phi) is 3.24. The number of rotatable bonds is 1. The minimum atomic E-state index is -0.0716. The summed E-state index contributed by atoms with van der Waals surface area (Å²) < 4.78 is 17.7. The van der Waals surface area contributed by atoms with Gasteiger partial charge in [-0.1, -0.05) is 28.1 Å². The lowest BCUT2D eigenvalue weighted by molar-refractivity contribution is -0.0160. The maximum atomic E-state index is 12.3. The summed E-state index contributed by atoms with van der Waals surface area (Å²) in [6, 6.07) is 12.5. The third-order valence-electron chi connectivity index (χ3n) is 3.57. The van der Waals surface area contributed by atoms with Crippen molar-refractivity contribution >= 4 is 26.9 Å². The highest BCUT2D eigenvalue weighted by Crippen LogP contribution is 2.38. The second-order valence-electron chi connectivity index (χ2n) is 5.02. The lowest BCUT2D eigenvalue weighted by Gasteiger charge is -2.20. The zero-order chi connectivity index (χ0) is 15.1. The van der Waals surface area contributed by atoms with Crippen LogP contribution in [0, 0.1) is 0 Å². The van der Waals surface area contributed by atoms with Crippen molar-refractivity contribution in [3.63, 3.8) is 0 Å². The highest BCUT2D eigenvalue weighted by molar-refractivity contribution is 9.10. The van der Waals surface area contributed by atoms with E-state index in [2.05, 4.69) is 15.9 Å². The first-order valence-corrected chi connectivity index (χ1v) is 7.58. The molecule has 0 saturated heterocycles. The molecule has 2 heterocycles. The summed E-state index contributed by atoms with van der Waals surface area (Å²) >= 11 is 3.48. The third-order valence-corrected chi connectivity index (χ3v) is 4.03. The Balaban J connectivity index is 1.99. The minimum absolute atomic E-state index is 0.0716. The van der Waals surface area contributed by atoms with Gasteiger partial charge in [-0.15, -0.1) is 0 Å². The SMILES string of the molecule is O=c1cc(-c2cc(Br)cc3c2OCOC3)oc2ccccc12. The summed E-state index contributed by atoms with van der Waals surface area (Å²) in [6.07, 6.45) is 0. The van der Waals surface area contributed by atoms with E-state index in [1.54, 1.807) is 12.1 Å². The van der Waals surface area contributed by atoms with Crippen molar-refractivity contribution < 1.29 is 13.9 Å². The molecule has 5 heteroatoms. The predicted molar refractivity (Wildman–Crippen MR) is 85.9 cm³/mol. The number of fused-ring (bicyclic) bond motifs is 2. The van der Waals surface area contributed by atoms with Gasteiger partial charge >= 0.3 is 0 Å². The summed E-state index contributed by atoms with van der Waals surface area (Å²) in [7, 11) is 0. The van der Waals surface area contributed by atoms with Crippen molar-refractivity contribution in [3.05, 3.63) is 62.7 Å². The molecule has 0 spiro atoms. The predicted octanol–water partition coefficient (Wildman–Crippen LogP) is 4.09. The molecule has 0 saturated carbocycles. The Bertz CT molecular complexity index is 930. The minimum Gasteiger partial charge on any atom is -0.466 e. The van der Waals surface area contributed by atoms with Gasteiger partial charge in [0.1, 0.15) is 17.1 Å². The van der Waals surface area contributed by atoms with Gasteiger partial charge in [0.05, 0.1) is 17.6 Å². The Morgan fingerprint density at radius 3 is 2.86 bits per heavy atom. The molecule has 2 aromatic carbocycles. The summed E-state index contributed by atoms with van der Waals surface area (Å²) in [5, 5.41) is 0.569. The van der Waals surface area contributed by atoms with Crippen LogP contribution < -0.4 is 10.2 Å². The van der Waals surface area contributed by atoms with Crippen LogP contribution in [-0.4, -0.2) is 6.79 Å². The fourth-order valence-electron chi connectivity index (χ4n) is 2.60. The largest absolute Gasteiger partial charge is 0.466 e. The highest BCUT2D eigenvalue weighted by Gasteiger charge is 2.19. The Hall–Kier alpha value is -2.11. The van der Waals surface area contributed by atoms with Crippen LogP contribution in [0.3, 0.4) is 0 Å². The van der Waals surface area contributed by atoms with Gasteiger partial charge in [-0.05, 0) is 24.3 Å². The van der Waals surface area contributed by atoms with E-state index in [0.717, 1.165) is 15.6 Å². The third kappa shape index (κ3) is 2.23. The van der Waals surface area contributed by atoms with Crippen LogP contribution in [0.25, 0.3) is 22.3 Å². The van der Waals surface area contributed by atoms with Gasteiger partial charge in [0.2, 0.25) is 0 Å². The fraction of sp³-hybridized carbons (Fsp3) is 0.118. The number of hydrogen-bond acceptors (Lipinski definition) is 4. The normalized spacial score (nSPS) is 13.7. The molecule has 110 valence electrons. The van der Waals surface area contributed by atoms with Crippen molar-refractivity contribution in [2.24, 2.45) is 0 Å². The van der Waals surface area contributed by atoms with E-state index < -0.39 is 0 Å². The topological polar surface area (TPSA) is 48.7 Å². The quantitative estimate of drug-likeness (QED) is 0.657. The van der Waals surface area contributed by atoms with Crippen molar-refractivity contribution in [1.29, 1.82) is 0 Å². The van der Waals surface area contributed by atoms with Gasteiger partial charge in [0.15, 0.2) is 12.2 Å². The maximum Gasteiger partial charge on any atom is 0.193 e. The van der Waals surface area contributed by atoms with E-state index in [0.29, 0.717) is 29.1 Å². The lowest BCUT2D eigenvalue weighted by atomic mass is 10.1. The summed E-state index contributed by atoms with van der Waals surface area (Å²) in [4.78, 5) is 12.3. The average Bonchev–Trinajstić information content (AvgIpc) is 2.54. The van der Waals surface area contributed by atoms with Crippen LogP contribution >= 0.6 is 15.9 Å². The molecule has 1 aromatic heterocycles. The fourth-order valence-corrected chi connectivity index (χ4v) is 3.10. The first-order chi connectivity index (χ1) is 10.7. The molecule has 0 atom stereocenters. The number of hydrogen-bond donors (Lipinski definition) is 0. The Labute approximate surface area is 134 Å². The van der Waals surface area contributed by atoms with Crippen LogP contribution in [0.15, 0.2) is 56.1 Å². The van der Waals surface area contributed by atoms with Gasteiger partial charge in [-0.25, -0.2) is 0 Å². The maximum absolute atomic E-state index is 12.3. The summed E-state index contributed by atoms with van der Waals surface area (Å²) in [6.45, 7) is 0.666. The molecule has 4 nitrogen and oxygen atoms in total. The lowest BCUT2D eigenvalue weighted by Crippen LogP contribution is -2.12. The van der Waals surface area contributed by atoms with Crippen LogP contribution in [0.1, 0.15) is 5.56 Å². The molecule has 0 unspecified atom stereocenters. The molecule has 0 N–H and O–H groups in total. The smallest absolute Gasteiger partial charge is 0.193 e. The van der Waals surface area contributed by atoms with E-state index in [9.17, 15) is 4.79 Å². The van der Waals surface area contributed by atoms with E-state index in [1.165, 1.54) is 6.07 Å². The second-order valence-corrected chi connectivity index (χ2v) is 5.94. The van der Waals surface area contributed by atoms with Gasteiger partial charge in [-0.2, -0.15) is 0 Å². The second kappa shape index (κ2) is 5.26. The molecule has 0 radical (unpaired) electrons. The van der Waals surface area contributed by atoms with Crippen molar-refractivity contribution in [2.45, 2.75) is 6.61 Å². The standard InChI is InChI=1S/C17H11BrO4/c18-11-5-10-8-20-9-21-17(10)13(6-11)16-7-14(19)12-3-1-2-4-15(12)22-16/h1-7H,8-9H2. The molecule has 3 aromatic rings. The molecule has 0 fully saturated rings. The van der Waals surface area contributed by atoms with Crippen LogP contribution in [0.2, 0.25) is 0 Å².